The number of hydrogen-bond acceptors (Lipinski definition) is 7. The van der Waals surface area contributed by atoms with E-state index in [9.17, 15) is 4.79 Å². The molecule has 0 atom stereocenters. The van der Waals surface area contributed by atoms with E-state index in [1.807, 2.05) is 48.5 Å². The highest BCUT2D eigenvalue weighted by molar-refractivity contribution is 9.10. The van der Waals surface area contributed by atoms with Crippen LogP contribution >= 0.6 is 62.4 Å². The van der Waals surface area contributed by atoms with E-state index in [2.05, 4.69) is 36.7 Å². The van der Waals surface area contributed by atoms with Crippen LogP contribution in [0.25, 0.3) is 0 Å². The molecule has 0 aliphatic heterocycles. The summed E-state index contributed by atoms with van der Waals surface area (Å²) in [5.41, 5.74) is 4.59. The smallest absolute Gasteiger partial charge is 0.250 e. The lowest BCUT2D eigenvalue weighted by Gasteiger charge is -1.98. The first-order chi connectivity index (χ1) is 13.6. The van der Waals surface area contributed by atoms with Crippen LogP contribution < -0.4 is 5.43 Å². The first-order valence-electron chi connectivity index (χ1n) is 7.99. The zero-order chi connectivity index (χ0) is 19.8. The van der Waals surface area contributed by atoms with E-state index in [1.54, 1.807) is 18.0 Å². The van der Waals surface area contributed by atoms with Gasteiger partial charge >= 0.3 is 0 Å². The van der Waals surface area contributed by atoms with Gasteiger partial charge in [0.25, 0.3) is 5.91 Å². The summed E-state index contributed by atoms with van der Waals surface area (Å²) in [5.74, 6) is 0.833. The summed E-state index contributed by atoms with van der Waals surface area (Å²) in [6.45, 7) is 0. The number of thioether (sulfide) groups is 2. The van der Waals surface area contributed by atoms with Crippen molar-refractivity contribution in [3.8, 4) is 0 Å². The third-order valence-electron chi connectivity index (χ3n) is 3.26. The topological polar surface area (TPSA) is 67.2 Å². The Kier molecular flexibility index (Phi) is 8.35. The number of hydrazone groups is 1. The maximum absolute atomic E-state index is 11.9. The van der Waals surface area contributed by atoms with Gasteiger partial charge in [-0.1, -0.05) is 86.7 Å². The summed E-state index contributed by atoms with van der Waals surface area (Å²) < 4.78 is 2.62. The van der Waals surface area contributed by atoms with Gasteiger partial charge in [-0.25, -0.2) is 5.43 Å². The minimum Gasteiger partial charge on any atom is -0.272 e. The van der Waals surface area contributed by atoms with Crippen molar-refractivity contribution in [2.24, 2.45) is 5.10 Å². The van der Waals surface area contributed by atoms with Crippen molar-refractivity contribution < 1.29 is 4.79 Å². The average Bonchev–Trinajstić information content (AvgIpc) is 3.15. The first-order valence-corrected chi connectivity index (χ1v) is 12.0. The highest BCUT2D eigenvalue weighted by Gasteiger charge is 2.08. The molecule has 0 radical (unpaired) electrons. The molecule has 28 heavy (non-hydrogen) atoms. The Bertz CT molecular complexity index is 948. The molecule has 2 aromatic carbocycles. The fourth-order valence-electron chi connectivity index (χ4n) is 1.93. The summed E-state index contributed by atoms with van der Waals surface area (Å²) in [7, 11) is 0. The molecule has 0 fully saturated rings. The van der Waals surface area contributed by atoms with E-state index < -0.39 is 0 Å². The number of rotatable bonds is 8. The fourth-order valence-corrected chi connectivity index (χ4v) is 5.09. The summed E-state index contributed by atoms with van der Waals surface area (Å²) in [5, 5.41) is 13.0. The number of carbonyl (C=O) groups is 1. The molecule has 1 heterocycles. The minimum absolute atomic E-state index is 0.191. The number of halogens is 2. The van der Waals surface area contributed by atoms with E-state index in [1.165, 1.54) is 28.7 Å². The normalized spacial score (nSPS) is 11.1. The number of aromatic nitrogens is 2. The lowest BCUT2D eigenvalue weighted by Crippen LogP contribution is -2.19. The van der Waals surface area contributed by atoms with Crippen LogP contribution in [0.2, 0.25) is 5.02 Å². The molecule has 3 aromatic rings. The molecule has 1 aromatic heterocycles. The molecule has 0 aliphatic carbocycles. The van der Waals surface area contributed by atoms with E-state index in [4.69, 9.17) is 11.6 Å². The largest absolute Gasteiger partial charge is 0.272 e. The number of nitrogens with zero attached hydrogens (tertiary/aromatic N) is 3. The molecule has 0 saturated heterocycles. The lowest BCUT2D eigenvalue weighted by molar-refractivity contribution is -0.118. The molecule has 1 N–H and O–H groups in total. The third kappa shape index (κ3) is 7.21. The Morgan fingerprint density at radius 1 is 1.11 bits per heavy atom. The van der Waals surface area contributed by atoms with Crippen LogP contribution in [-0.4, -0.2) is 28.1 Å². The second-order valence-electron chi connectivity index (χ2n) is 5.38. The van der Waals surface area contributed by atoms with Gasteiger partial charge in [0.1, 0.15) is 0 Å². The van der Waals surface area contributed by atoms with Crippen LogP contribution in [0, 0.1) is 0 Å². The van der Waals surface area contributed by atoms with E-state index in [0.29, 0.717) is 0 Å². The van der Waals surface area contributed by atoms with Crippen molar-refractivity contribution in [1.82, 2.24) is 15.6 Å². The molecule has 3 rings (SSSR count). The molecule has 0 saturated carbocycles. The molecular weight excluding hydrogens is 500 g/mol. The molecule has 0 spiro atoms. The van der Waals surface area contributed by atoms with Crippen molar-refractivity contribution in [3.05, 3.63) is 69.2 Å². The highest BCUT2D eigenvalue weighted by Crippen LogP contribution is 2.30. The Labute approximate surface area is 188 Å². The average molecular weight is 514 g/mol. The third-order valence-corrected chi connectivity index (χ3v) is 7.30. The van der Waals surface area contributed by atoms with Crippen molar-refractivity contribution in [1.29, 1.82) is 0 Å². The summed E-state index contributed by atoms with van der Waals surface area (Å²) in [6.07, 6.45) is 1.60. The number of nitrogens with one attached hydrogen (secondary N) is 1. The second kappa shape index (κ2) is 11.0. The van der Waals surface area contributed by atoms with Crippen LogP contribution in [0.3, 0.4) is 0 Å². The van der Waals surface area contributed by atoms with Crippen molar-refractivity contribution in [2.75, 3.05) is 5.75 Å². The summed E-state index contributed by atoms with van der Waals surface area (Å²) >= 11 is 13.7. The zero-order valence-electron chi connectivity index (χ0n) is 14.3. The van der Waals surface area contributed by atoms with Crippen LogP contribution in [0.15, 0.2) is 66.8 Å². The molecule has 1 amide bonds. The van der Waals surface area contributed by atoms with Gasteiger partial charge in [-0.3, -0.25) is 4.79 Å². The predicted octanol–water partition coefficient (Wildman–Crippen LogP) is 5.49. The van der Waals surface area contributed by atoms with E-state index >= 15 is 0 Å². The molecule has 144 valence electrons. The monoisotopic (exact) mass is 512 g/mol. The van der Waals surface area contributed by atoms with Gasteiger partial charge in [-0.05, 0) is 35.4 Å². The Balaban J connectivity index is 1.40. The van der Waals surface area contributed by atoms with Gasteiger partial charge < -0.3 is 0 Å². The molecule has 0 aliphatic rings. The molecule has 10 heteroatoms. The second-order valence-corrected chi connectivity index (χ2v) is 10.2. The van der Waals surface area contributed by atoms with Crippen LogP contribution in [0.1, 0.15) is 11.1 Å². The van der Waals surface area contributed by atoms with Crippen LogP contribution in [0.4, 0.5) is 0 Å². The highest BCUT2D eigenvalue weighted by atomic mass is 79.9. The lowest BCUT2D eigenvalue weighted by atomic mass is 10.2. The van der Waals surface area contributed by atoms with Crippen molar-refractivity contribution in [2.45, 2.75) is 14.4 Å². The Morgan fingerprint density at radius 3 is 2.50 bits per heavy atom. The Morgan fingerprint density at radius 2 is 1.79 bits per heavy atom. The molecular formula is C18H14BrClN4OS3. The maximum atomic E-state index is 11.9. The van der Waals surface area contributed by atoms with Gasteiger partial charge in [0.2, 0.25) is 0 Å². The standard InChI is InChI=1S/C18H14BrClN4OS3/c19-14-5-1-12(2-6-14)9-21-22-16(25)11-27-18-24-23-17(28-18)26-10-13-3-7-15(20)8-4-13/h1-9H,10-11H2,(H,22,25)/b21-9-. The molecule has 0 bridgehead atoms. The fraction of sp³-hybridized carbons (Fsp3) is 0.111. The summed E-state index contributed by atoms with van der Waals surface area (Å²) in [6, 6.07) is 15.4. The number of hydrogen-bond donors (Lipinski definition) is 1. The number of amides is 1. The zero-order valence-corrected chi connectivity index (χ0v) is 19.1. The molecule has 5 nitrogen and oxygen atoms in total. The predicted molar refractivity (Wildman–Crippen MR) is 122 cm³/mol. The maximum Gasteiger partial charge on any atom is 0.250 e. The number of carbonyl (C=O) groups excluding carboxylic acids is 1. The SMILES string of the molecule is O=C(CSc1nnc(SCc2ccc(Cl)cc2)s1)N/N=C\c1ccc(Br)cc1. The van der Waals surface area contributed by atoms with Crippen molar-refractivity contribution >= 4 is 74.5 Å². The van der Waals surface area contributed by atoms with Gasteiger partial charge in [0.05, 0.1) is 12.0 Å². The van der Waals surface area contributed by atoms with Crippen LogP contribution in [0.5, 0.6) is 0 Å². The minimum atomic E-state index is -0.191. The number of benzene rings is 2. The Hall–Kier alpha value is -1.39. The van der Waals surface area contributed by atoms with Crippen molar-refractivity contribution in [3.63, 3.8) is 0 Å². The van der Waals surface area contributed by atoms with Gasteiger partial charge in [-0.2, -0.15) is 5.10 Å². The molecule has 0 unspecified atom stereocenters. The van der Waals surface area contributed by atoms with Gasteiger partial charge in [0.15, 0.2) is 8.68 Å². The van der Waals surface area contributed by atoms with Gasteiger partial charge in [0, 0.05) is 15.2 Å². The van der Waals surface area contributed by atoms with Gasteiger partial charge in [-0.15, -0.1) is 10.2 Å². The first kappa shape index (κ1) is 21.3. The van der Waals surface area contributed by atoms with E-state index in [-0.39, 0.29) is 11.7 Å². The quantitative estimate of drug-likeness (QED) is 0.245. The van der Waals surface area contributed by atoms with E-state index in [0.717, 1.165) is 29.5 Å². The van der Waals surface area contributed by atoms with Crippen LogP contribution in [-0.2, 0) is 10.5 Å². The summed E-state index contributed by atoms with van der Waals surface area (Å²) in [4.78, 5) is 11.9.